The number of nitrogens with one attached hydrogen (secondary N) is 1. The van der Waals surface area contributed by atoms with Gasteiger partial charge in [0.15, 0.2) is 0 Å². The van der Waals surface area contributed by atoms with Crippen molar-refractivity contribution in [2.24, 2.45) is 11.8 Å². The summed E-state index contributed by atoms with van der Waals surface area (Å²) in [5.41, 5.74) is 2.82. The SMILES string of the molecule is CC(C#N)CN(C)C(=O)c1cc2ccccc2c(NN)n1. The van der Waals surface area contributed by atoms with Crippen LogP contribution in [0.15, 0.2) is 30.3 Å². The number of carbonyl (C=O) groups is 1. The van der Waals surface area contributed by atoms with Crippen LogP contribution in [0.25, 0.3) is 10.8 Å². The molecular formula is C15H17N5O. The molecular weight excluding hydrogens is 266 g/mol. The highest BCUT2D eigenvalue weighted by Gasteiger charge is 2.17. The van der Waals surface area contributed by atoms with E-state index in [1.165, 1.54) is 4.90 Å². The Bertz CT molecular complexity index is 707. The third kappa shape index (κ3) is 3.09. The van der Waals surface area contributed by atoms with Gasteiger partial charge in [0.25, 0.3) is 5.91 Å². The number of nitrogen functional groups attached to an aromatic ring is 1. The molecule has 0 spiro atoms. The maximum absolute atomic E-state index is 12.4. The van der Waals surface area contributed by atoms with Gasteiger partial charge in [-0.15, -0.1) is 0 Å². The van der Waals surface area contributed by atoms with Crippen LogP contribution in [0.4, 0.5) is 5.82 Å². The van der Waals surface area contributed by atoms with Crippen LogP contribution >= 0.6 is 0 Å². The second-order valence-corrected chi connectivity index (χ2v) is 4.94. The van der Waals surface area contributed by atoms with Crippen LogP contribution in [0.3, 0.4) is 0 Å². The van der Waals surface area contributed by atoms with Gasteiger partial charge in [0, 0.05) is 19.0 Å². The summed E-state index contributed by atoms with van der Waals surface area (Å²) in [6, 6.07) is 11.4. The van der Waals surface area contributed by atoms with E-state index in [1.54, 1.807) is 20.0 Å². The maximum atomic E-state index is 12.4. The number of anilines is 1. The summed E-state index contributed by atoms with van der Waals surface area (Å²) in [6.45, 7) is 2.12. The Morgan fingerprint density at radius 2 is 2.24 bits per heavy atom. The molecule has 108 valence electrons. The van der Waals surface area contributed by atoms with Crippen LogP contribution in [-0.2, 0) is 0 Å². The van der Waals surface area contributed by atoms with Crippen molar-refractivity contribution in [3.63, 3.8) is 0 Å². The molecule has 0 saturated heterocycles. The molecule has 0 aliphatic rings. The van der Waals surface area contributed by atoms with Crippen LogP contribution < -0.4 is 11.3 Å². The summed E-state index contributed by atoms with van der Waals surface area (Å²) in [7, 11) is 1.66. The molecule has 0 fully saturated rings. The lowest BCUT2D eigenvalue weighted by Gasteiger charge is -2.18. The Kier molecular flexibility index (Phi) is 4.36. The Morgan fingerprint density at radius 3 is 2.90 bits per heavy atom. The lowest BCUT2D eigenvalue weighted by molar-refractivity contribution is 0.0779. The third-order valence-corrected chi connectivity index (χ3v) is 3.21. The average Bonchev–Trinajstić information content (AvgIpc) is 2.52. The minimum absolute atomic E-state index is 0.230. The molecule has 1 amide bonds. The van der Waals surface area contributed by atoms with Crippen LogP contribution in [0.1, 0.15) is 17.4 Å². The first-order valence-corrected chi connectivity index (χ1v) is 6.58. The average molecular weight is 283 g/mol. The molecule has 0 aliphatic carbocycles. The molecule has 3 N–H and O–H groups in total. The molecule has 1 aromatic carbocycles. The first-order valence-electron chi connectivity index (χ1n) is 6.58. The fourth-order valence-electron chi connectivity index (χ4n) is 2.15. The van der Waals surface area contributed by atoms with Crippen molar-refractivity contribution >= 4 is 22.5 Å². The van der Waals surface area contributed by atoms with E-state index >= 15 is 0 Å². The Balaban J connectivity index is 2.38. The first-order chi connectivity index (χ1) is 10.1. The van der Waals surface area contributed by atoms with Crippen LogP contribution in [-0.4, -0.2) is 29.4 Å². The van der Waals surface area contributed by atoms with Gasteiger partial charge in [0.2, 0.25) is 0 Å². The van der Waals surface area contributed by atoms with Gasteiger partial charge >= 0.3 is 0 Å². The van der Waals surface area contributed by atoms with Gasteiger partial charge < -0.3 is 10.3 Å². The summed E-state index contributed by atoms with van der Waals surface area (Å²) in [5.74, 6) is 5.47. The number of hydrogen-bond acceptors (Lipinski definition) is 5. The normalized spacial score (nSPS) is 11.7. The van der Waals surface area contributed by atoms with E-state index in [1.807, 2.05) is 24.3 Å². The monoisotopic (exact) mass is 283 g/mol. The van der Waals surface area contributed by atoms with Crippen LogP contribution in [0.5, 0.6) is 0 Å². The summed E-state index contributed by atoms with van der Waals surface area (Å²) in [6.07, 6.45) is 0. The predicted octanol–water partition coefficient (Wildman–Crippen LogP) is 1.75. The van der Waals surface area contributed by atoms with E-state index in [-0.39, 0.29) is 11.8 Å². The van der Waals surface area contributed by atoms with Crippen molar-refractivity contribution in [1.82, 2.24) is 9.88 Å². The molecule has 2 rings (SSSR count). The van der Waals surface area contributed by atoms with Crippen molar-refractivity contribution in [1.29, 1.82) is 5.26 Å². The second kappa shape index (κ2) is 6.20. The van der Waals surface area contributed by atoms with Crippen LogP contribution in [0.2, 0.25) is 0 Å². The number of nitriles is 1. The number of rotatable bonds is 4. The Morgan fingerprint density at radius 1 is 1.52 bits per heavy atom. The third-order valence-electron chi connectivity index (χ3n) is 3.21. The van der Waals surface area contributed by atoms with E-state index < -0.39 is 0 Å². The number of benzene rings is 1. The summed E-state index contributed by atoms with van der Waals surface area (Å²) in [4.78, 5) is 18.1. The van der Waals surface area contributed by atoms with Crippen molar-refractivity contribution in [3.8, 4) is 6.07 Å². The van der Waals surface area contributed by atoms with Gasteiger partial charge in [-0.25, -0.2) is 10.8 Å². The zero-order valence-corrected chi connectivity index (χ0v) is 12.0. The summed E-state index contributed by atoms with van der Waals surface area (Å²) >= 11 is 0. The fourth-order valence-corrected chi connectivity index (χ4v) is 2.15. The molecule has 0 bridgehead atoms. The fraction of sp³-hybridized carbons (Fsp3) is 0.267. The first kappa shape index (κ1) is 14.8. The summed E-state index contributed by atoms with van der Waals surface area (Å²) < 4.78 is 0. The number of nitrogens with two attached hydrogens (primary N) is 1. The van der Waals surface area contributed by atoms with Gasteiger partial charge in [0.05, 0.1) is 12.0 Å². The standard InChI is InChI=1S/C15H17N5O/c1-10(8-16)9-20(2)15(21)13-7-11-5-3-4-6-12(11)14(18-13)19-17/h3-7,10H,9,17H2,1-2H3,(H,18,19). The quantitative estimate of drug-likeness (QED) is 0.658. The topological polar surface area (TPSA) is 95.0 Å². The molecule has 0 aliphatic heterocycles. The van der Waals surface area contributed by atoms with Crippen molar-refractivity contribution in [2.75, 3.05) is 19.0 Å². The zero-order chi connectivity index (χ0) is 15.4. The van der Waals surface area contributed by atoms with E-state index in [0.29, 0.717) is 18.1 Å². The predicted molar refractivity (Wildman–Crippen MR) is 81.3 cm³/mol. The number of fused-ring (bicyclic) bond motifs is 1. The molecule has 1 heterocycles. The zero-order valence-electron chi connectivity index (χ0n) is 12.0. The minimum atomic E-state index is -0.237. The highest BCUT2D eigenvalue weighted by atomic mass is 16.2. The molecule has 0 radical (unpaired) electrons. The highest BCUT2D eigenvalue weighted by molar-refractivity contribution is 6.00. The molecule has 1 aromatic heterocycles. The van der Waals surface area contributed by atoms with E-state index in [2.05, 4.69) is 16.5 Å². The van der Waals surface area contributed by atoms with E-state index in [9.17, 15) is 4.79 Å². The number of carbonyl (C=O) groups excluding carboxylic acids is 1. The van der Waals surface area contributed by atoms with Crippen molar-refractivity contribution < 1.29 is 4.79 Å². The highest BCUT2D eigenvalue weighted by Crippen LogP contribution is 2.22. The number of amides is 1. The number of hydrazine groups is 1. The second-order valence-electron chi connectivity index (χ2n) is 4.94. The summed E-state index contributed by atoms with van der Waals surface area (Å²) in [5, 5.41) is 10.6. The van der Waals surface area contributed by atoms with Crippen molar-refractivity contribution in [3.05, 3.63) is 36.0 Å². The molecule has 6 heteroatoms. The maximum Gasteiger partial charge on any atom is 0.272 e. The number of aromatic nitrogens is 1. The van der Waals surface area contributed by atoms with Crippen LogP contribution in [0, 0.1) is 17.2 Å². The molecule has 1 atom stereocenters. The Hall–Kier alpha value is -2.65. The van der Waals surface area contributed by atoms with Crippen molar-refractivity contribution in [2.45, 2.75) is 6.92 Å². The number of nitrogens with zero attached hydrogens (tertiary/aromatic N) is 3. The Labute approximate surface area is 123 Å². The van der Waals surface area contributed by atoms with Gasteiger partial charge in [0.1, 0.15) is 11.5 Å². The van der Waals surface area contributed by atoms with Gasteiger partial charge in [-0.2, -0.15) is 5.26 Å². The smallest absolute Gasteiger partial charge is 0.272 e. The van der Waals surface area contributed by atoms with Gasteiger partial charge in [-0.05, 0) is 18.4 Å². The number of pyridine rings is 1. The molecule has 21 heavy (non-hydrogen) atoms. The largest absolute Gasteiger partial charge is 0.339 e. The lowest BCUT2D eigenvalue weighted by Crippen LogP contribution is -2.31. The lowest BCUT2D eigenvalue weighted by atomic mass is 10.1. The molecule has 6 nitrogen and oxygen atoms in total. The number of hydrogen-bond donors (Lipinski definition) is 2. The molecule has 1 unspecified atom stereocenters. The minimum Gasteiger partial charge on any atom is -0.339 e. The van der Waals surface area contributed by atoms with E-state index in [0.717, 1.165) is 10.8 Å². The van der Waals surface area contributed by atoms with E-state index in [4.69, 9.17) is 11.1 Å². The molecule has 0 saturated carbocycles. The van der Waals surface area contributed by atoms with Gasteiger partial charge in [-0.1, -0.05) is 24.3 Å². The molecule has 2 aromatic rings. The van der Waals surface area contributed by atoms with Gasteiger partial charge in [-0.3, -0.25) is 4.79 Å².